The molecular weight excluding hydrogens is 173 g/mol. The minimum atomic E-state index is -3.45. The topological polar surface area (TPSA) is 60.8 Å². The van der Waals surface area contributed by atoms with Crippen LogP contribution in [0.4, 0.5) is 0 Å². The summed E-state index contributed by atoms with van der Waals surface area (Å²) in [6.45, 7) is -3.06. The van der Waals surface area contributed by atoms with Gasteiger partial charge in [-0.05, 0) is 18.2 Å². The average molecular weight is 181 g/mol. The van der Waals surface area contributed by atoms with Crippen LogP contribution in [-0.4, -0.2) is 26.9 Å². The molecule has 1 heterocycles. The fourth-order valence-corrected chi connectivity index (χ4v) is 2.22. The third kappa shape index (κ3) is 1.55. The fraction of sp³-hybridized carbons (Fsp3) is 0.750. The van der Waals surface area contributed by atoms with E-state index in [2.05, 4.69) is 11.8 Å². The highest BCUT2D eigenvalue weighted by molar-refractivity contribution is 8.08. The molecule has 0 radical (unpaired) electrons. The van der Waals surface area contributed by atoms with Gasteiger partial charge in [-0.3, -0.25) is 9.46 Å². The molecule has 1 saturated heterocycles. The lowest BCUT2D eigenvalue weighted by Crippen LogP contribution is -2.20. The molecule has 4 nitrogen and oxygen atoms in total. The van der Waals surface area contributed by atoms with Gasteiger partial charge in [0.25, 0.3) is 6.64 Å². The summed E-state index contributed by atoms with van der Waals surface area (Å²) in [5.74, 6) is -0.242. The van der Waals surface area contributed by atoms with Crippen LogP contribution >= 0.6 is 6.64 Å². The van der Waals surface area contributed by atoms with Gasteiger partial charge in [0.05, 0.1) is 0 Å². The Morgan fingerprint density at radius 2 is 2.20 bits per heavy atom. The quantitative estimate of drug-likeness (QED) is 0.551. The van der Waals surface area contributed by atoms with Crippen LogP contribution in [0.25, 0.3) is 0 Å². The van der Waals surface area contributed by atoms with E-state index in [4.69, 9.17) is 9.79 Å². The normalized spacial score (nSPS) is 20.2. The molecule has 0 atom stereocenters. The van der Waals surface area contributed by atoms with Crippen molar-refractivity contribution in [3.63, 3.8) is 0 Å². The van der Waals surface area contributed by atoms with Gasteiger partial charge in [-0.25, -0.2) is 0 Å². The highest BCUT2D eigenvalue weighted by Gasteiger charge is 2.29. The third-order valence-electron chi connectivity index (χ3n) is 1.36. The molecule has 0 spiro atoms. The van der Waals surface area contributed by atoms with Crippen molar-refractivity contribution in [2.45, 2.75) is 12.8 Å². The minimum Gasteiger partial charge on any atom is -0.329 e. The maximum Gasteiger partial charge on any atom is 0.287 e. The largest absolute Gasteiger partial charge is 0.329 e. The van der Waals surface area contributed by atoms with Crippen molar-refractivity contribution in [2.75, 3.05) is 6.54 Å². The zero-order valence-electron chi connectivity index (χ0n) is 5.23. The lowest BCUT2D eigenvalue weighted by molar-refractivity contribution is -0.124. The van der Waals surface area contributed by atoms with E-state index in [0.717, 1.165) is 4.67 Å². The number of carbonyl (C=O) groups is 1. The first kappa shape index (κ1) is 8.14. The minimum absolute atomic E-state index is 0.242. The summed E-state index contributed by atoms with van der Waals surface area (Å²) >= 11 is 4.35. The molecule has 0 aromatic carbocycles. The van der Waals surface area contributed by atoms with Gasteiger partial charge in [0.2, 0.25) is 5.91 Å². The molecule has 0 aliphatic carbocycles. The number of hydrogen-bond donors (Lipinski definition) is 2. The van der Waals surface area contributed by atoms with Crippen LogP contribution in [0.2, 0.25) is 0 Å². The summed E-state index contributed by atoms with van der Waals surface area (Å²) in [4.78, 5) is 28.5. The van der Waals surface area contributed by atoms with Gasteiger partial charge in [0.15, 0.2) is 0 Å². The summed E-state index contributed by atoms with van der Waals surface area (Å²) in [6, 6.07) is 0. The molecule has 2 N–H and O–H groups in total. The van der Waals surface area contributed by atoms with Crippen LogP contribution in [0.15, 0.2) is 0 Å². The Kier molecular flexibility index (Phi) is 2.10. The van der Waals surface area contributed by atoms with Gasteiger partial charge in [-0.1, -0.05) is 0 Å². The lowest BCUT2D eigenvalue weighted by Gasteiger charge is -2.19. The molecule has 0 unspecified atom stereocenters. The van der Waals surface area contributed by atoms with E-state index in [1.807, 2.05) is 0 Å². The first-order valence-electron chi connectivity index (χ1n) is 2.88. The van der Waals surface area contributed by atoms with Gasteiger partial charge in [-0.2, -0.15) is 0 Å². The predicted octanol–water partition coefficient (Wildman–Crippen LogP) is -0.182. The van der Waals surface area contributed by atoms with Crippen molar-refractivity contribution in [1.29, 1.82) is 0 Å². The smallest absolute Gasteiger partial charge is 0.287 e. The first-order chi connectivity index (χ1) is 4.52. The van der Waals surface area contributed by atoms with Crippen LogP contribution in [-0.2, 0) is 16.6 Å². The van der Waals surface area contributed by atoms with Crippen molar-refractivity contribution < 1.29 is 14.6 Å². The molecule has 0 aromatic rings. The van der Waals surface area contributed by atoms with Crippen LogP contribution in [0.1, 0.15) is 12.8 Å². The fourth-order valence-electron chi connectivity index (χ4n) is 0.909. The molecule has 1 fully saturated rings. The van der Waals surface area contributed by atoms with Crippen molar-refractivity contribution in [2.24, 2.45) is 0 Å². The molecule has 1 amide bonds. The molecule has 6 heteroatoms. The molecule has 1 aliphatic heterocycles. The summed E-state index contributed by atoms with van der Waals surface area (Å²) in [7, 11) is 0. The second kappa shape index (κ2) is 2.58. The summed E-state index contributed by atoms with van der Waals surface area (Å²) in [5.41, 5.74) is 0. The van der Waals surface area contributed by atoms with Gasteiger partial charge in [0, 0.05) is 13.0 Å². The number of nitrogens with zero attached hydrogens (tertiary/aromatic N) is 1. The van der Waals surface area contributed by atoms with Crippen molar-refractivity contribution in [3.05, 3.63) is 0 Å². The number of carbonyl (C=O) groups excluding carboxylic acids is 1. The van der Waals surface area contributed by atoms with E-state index in [1.165, 1.54) is 0 Å². The molecule has 0 saturated carbocycles. The van der Waals surface area contributed by atoms with Crippen molar-refractivity contribution >= 4 is 24.4 Å². The number of rotatable bonds is 1. The van der Waals surface area contributed by atoms with Gasteiger partial charge in [0.1, 0.15) is 0 Å². The second-order valence-corrected chi connectivity index (χ2v) is 5.11. The second-order valence-electron chi connectivity index (χ2n) is 2.13. The number of amides is 1. The summed E-state index contributed by atoms with van der Waals surface area (Å²) in [5, 5.41) is 0. The van der Waals surface area contributed by atoms with Gasteiger partial charge in [-0.15, -0.1) is 0 Å². The van der Waals surface area contributed by atoms with Gasteiger partial charge < -0.3 is 9.79 Å². The zero-order valence-corrected chi connectivity index (χ0v) is 6.94. The van der Waals surface area contributed by atoms with E-state index in [0.29, 0.717) is 19.4 Å². The van der Waals surface area contributed by atoms with E-state index in [1.54, 1.807) is 0 Å². The zero-order chi connectivity index (χ0) is 7.78. The predicted molar refractivity (Wildman–Crippen MR) is 39.7 cm³/mol. The molecule has 1 rings (SSSR count). The number of hydrogen-bond acceptors (Lipinski definition) is 2. The standard InChI is InChI=1S/C4H8NO3PS/c6-4-2-1-3-5(4)9(7,8)10/h1-3H2,(H2,7,8,10). The molecule has 10 heavy (non-hydrogen) atoms. The van der Waals surface area contributed by atoms with Gasteiger partial charge >= 0.3 is 0 Å². The summed E-state index contributed by atoms with van der Waals surface area (Å²) in [6.07, 6.45) is 1.07. The van der Waals surface area contributed by atoms with Crippen LogP contribution in [0.3, 0.4) is 0 Å². The Balaban J connectivity index is 2.74. The molecule has 0 bridgehead atoms. The highest BCUT2D eigenvalue weighted by Crippen LogP contribution is 2.43. The lowest BCUT2D eigenvalue weighted by atomic mass is 10.4. The molecule has 0 aromatic heterocycles. The molecule has 58 valence electrons. The Morgan fingerprint density at radius 1 is 1.60 bits per heavy atom. The monoisotopic (exact) mass is 181 g/mol. The average Bonchev–Trinajstić information content (AvgIpc) is 2.11. The van der Waals surface area contributed by atoms with Crippen LogP contribution in [0, 0.1) is 0 Å². The third-order valence-corrected chi connectivity index (χ3v) is 3.01. The Morgan fingerprint density at radius 3 is 2.40 bits per heavy atom. The Labute approximate surface area is 63.7 Å². The molecule has 1 aliphatic rings. The Hall–Kier alpha value is 0.0400. The van der Waals surface area contributed by atoms with Crippen molar-refractivity contribution in [3.8, 4) is 0 Å². The van der Waals surface area contributed by atoms with E-state index in [-0.39, 0.29) is 5.91 Å². The highest BCUT2D eigenvalue weighted by atomic mass is 32.5. The Bertz CT molecular complexity index is 201. The van der Waals surface area contributed by atoms with Crippen molar-refractivity contribution in [1.82, 2.24) is 4.67 Å². The maximum absolute atomic E-state index is 10.8. The first-order valence-corrected chi connectivity index (χ1v) is 5.54. The van der Waals surface area contributed by atoms with Crippen LogP contribution in [0.5, 0.6) is 0 Å². The maximum atomic E-state index is 10.8. The molecular formula is C4H8NO3PS. The van der Waals surface area contributed by atoms with E-state index in [9.17, 15) is 4.79 Å². The summed E-state index contributed by atoms with van der Waals surface area (Å²) < 4.78 is 0.988. The van der Waals surface area contributed by atoms with Crippen LogP contribution < -0.4 is 0 Å². The SMILES string of the molecule is O=C1CCCN1P(O)(O)=S. The van der Waals surface area contributed by atoms with E-state index >= 15 is 0 Å². The van der Waals surface area contributed by atoms with E-state index < -0.39 is 6.64 Å².